The minimum Gasteiger partial charge on any atom is -0.507 e. The summed E-state index contributed by atoms with van der Waals surface area (Å²) in [5.41, 5.74) is 2.06. The molecule has 0 spiro atoms. The molecule has 3 aromatic carbocycles. The number of benzene rings is 3. The lowest BCUT2D eigenvalue weighted by Crippen LogP contribution is -2.29. The van der Waals surface area contributed by atoms with E-state index in [1.807, 2.05) is 37.3 Å². The molecule has 1 saturated heterocycles. The second-order valence-electron chi connectivity index (χ2n) is 7.42. The molecular weight excluding hydrogens is 426 g/mol. The summed E-state index contributed by atoms with van der Waals surface area (Å²) in [6.07, 6.45) is 0. The van der Waals surface area contributed by atoms with Crippen molar-refractivity contribution in [3.63, 3.8) is 0 Å². The Balaban J connectivity index is 1.81. The van der Waals surface area contributed by atoms with E-state index in [4.69, 9.17) is 16.3 Å². The van der Waals surface area contributed by atoms with E-state index in [1.54, 1.807) is 48.5 Å². The van der Waals surface area contributed by atoms with Gasteiger partial charge in [-0.05, 0) is 54.4 Å². The molecule has 1 heterocycles. The number of hydrogen-bond acceptors (Lipinski definition) is 4. The fourth-order valence-electron chi connectivity index (χ4n) is 3.85. The van der Waals surface area contributed by atoms with Gasteiger partial charge in [-0.1, -0.05) is 54.1 Å². The monoisotopic (exact) mass is 447 g/mol. The minimum absolute atomic E-state index is 0.0532. The summed E-state index contributed by atoms with van der Waals surface area (Å²) in [4.78, 5) is 27.6. The molecule has 0 saturated carbocycles. The number of ether oxygens (including phenoxy) is 1. The lowest BCUT2D eigenvalue weighted by molar-refractivity contribution is -0.140. The number of halogens is 1. The molecule has 1 atom stereocenters. The van der Waals surface area contributed by atoms with Crippen LogP contribution in [0.25, 0.3) is 5.76 Å². The van der Waals surface area contributed by atoms with E-state index >= 15 is 0 Å². The van der Waals surface area contributed by atoms with Crippen LogP contribution in [0.1, 0.15) is 29.7 Å². The van der Waals surface area contributed by atoms with Gasteiger partial charge in [-0.25, -0.2) is 0 Å². The topological polar surface area (TPSA) is 66.8 Å². The van der Waals surface area contributed by atoms with Gasteiger partial charge in [0.1, 0.15) is 11.5 Å². The van der Waals surface area contributed by atoms with E-state index in [-0.39, 0.29) is 17.9 Å². The van der Waals surface area contributed by atoms with E-state index in [2.05, 4.69) is 0 Å². The lowest BCUT2D eigenvalue weighted by Gasteiger charge is -2.25. The molecule has 1 amide bonds. The van der Waals surface area contributed by atoms with Gasteiger partial charge >= 0.3 is 0 Å². The Kier molecular flexibility index (Phi) is 6.28. The van der Waals surface area contributed by atoms with Crippen molar-refractivity contribution in [2.75, 3.05) is 6.61 Å². The van der Waals surface area contributed by atoms with Crippen LogP contribution in [0.15, 0.2) is 84.4 Å². The van der Waals surface area contributed by atoms with E-state index in [0.717, 1.165) is 5.56 Å². The molecule has 0 bridgehead atoms. The maximum absolute atomic E-state index is 13.1. The van der Waals surface area contributed by atoms with Gasteiger partial charge in [0.25, 0.3) is 11.7 Å². The fraction of sp³-hybridized carbons (Fsp3) is 0.154. The van der Waals surface area contributed by atoms with Crippen molar-refractivity contribution in [2.45, 2.75) is 19.5 Å². The van der Waals surface area contributed by atoms with E-state index < -0.39 is 17.7 Å². The third-order valence-corrected chi connectivity index (χ3v) is 5.61. The van der Waals surface area contributed by atoms with Gasteiger partial charge in [-0.2, -0.15) is 0 Å². The first kappa shape index (κ1) is 21.7. The molecule has 162 valence electrons. The Morgan fingerprint density at radius 1 is 0.969 bits per heavy atom. The van der Waals surface area contributed by atoms with Crippen molar-refractivity contribution < 1.29 is 19.4 Å². The Morgan fingerprint density at radius 2 is 1.62 bits per heavy atom. The van der Waals surface area contributed by atoms with E-state index in [1.165, 1.54) is 4.90 Å². The predicted octanol–water partition coefficient (Wildman–Crippen LogP) is 5.36. The summed E-state index contributed by atoms with van der Waals surface area (Å²) >= 11 is 6.06. The molecule has 6 heteroatoms. The standard InChI is InChI=1S/C26H22ClNO4/c1-2-32-21-14-10-19(11-15-21)24(29)22-23(18-8-12-20(27)13-9-18)28(26(31)25(22)30)16-17-6-4-3-5-7-17/h3-15,23,29H,2,16H2,1H3. The molecule has 1 unspecified atom stereocenters. The summed E-state index contributed by atoms with van der Waals surface area (Å²) in [5, 5.41) is 11.7. The van der Waals surface area contributed by atoms with Crippen LogP contribution in [-0.2, 0) is 16.1 Å². The molecule has 5 nitrogen and oxygen atoms in total. The highest BCUT2D eigenvalue weighted by atomic mass is 35.5. The van der Waals surface area contributed by atoms with Crippen LogP contribution in [0.5, 0.6) is 5.75 Å². The van der Waals surface area contributed by atoms with Gasteiger partial charge in [0.2, 0.25) is 0 Å². The highest BCUT2D eigenvalue weighted by molar-refractivity contribution is 6.46. The average molecular weight is 448 g/mol. The molecule has 1 N–H and O–H groups in total. The zero-order valence-corrected chi connectivity index (χ0v) is 18.3. The van der Waals surface area contributed by atoms with Gasteiger partial charge in [0, 0.05) is 17.1 Å². The van der Waals surface area contributed by atoms with Crippen molar-refractivity contribution >= 4 is 29.1 Å². The normalized spacial score (nSPS) is 17.6. The van der Waals surface area contributed by atoms with Gasteiger partial charge in [0.15, 0.2) is 0 Å². The van der Waals surface area contributed by atoms with E-state index in [9.17, 15) is 14.7 Å². The van der Waals surface area contributed by atoms with Crippen LogP contribution >= 0.6 is 11.6 Å². The summed E-state index contributed by atoms with van der Waals surface area (Å²) in [5.74, 6) is -0.932. The molecule has 3 aromatic rings. The highest BCUT2D eigenvalue weighted by Gasteiger charge is 2.46. The van der Waals surface area contributed by atoms with Crippen LogP contribution in [0.4, 0.5) is 0 Å². The second-order valence-corrected chi connectivity index (χ2v) is 7.86. The number of aliphatic hydroxyl groups excluding tert-OH is 1. The lowest BCUT2D eigenvalue weighted by atomic mass is 9.95. The number of aliphatic hydroxyl groups is 1. The summed E-state index contributed by atoms with van der Waals surface area (Å²) in [7, 11) is 0. The third-order valence-electron chi connectivity index (χ3n) is 5.36. The predicted molar refractivity (Wildman–Crippen MR) is 123 cm³/mol. The molecule has 4 rings (SSSR count). The Bertz CT molecular complexity index is 1150. The summed E-state index contributed by atoms with van der Waals surface area (Å²) in [6.45, 7) is 2.64. The minimum atomic E-state index is -0.737. The van der Waals surface area contributed by atoms with Crippen molar-refractivity contribution in [1.29, 1.82) is 0 Å². The van der Waals surface area contributed by atoms with Crippen molar-refractivity contribution in [1.82, 2.24) is 4.90 Å². The molecule has 0 radical (unpaired) electrons. The Morgan fingerprint density at radius 3 is 2.25 bits per heavy atom. The van der Waals surface area contributed by atoms with Crippen LogP contribution in [0.2, 0.25) is 5.02 Å². The smallest absolute Gasteiger partial charge is 0.295 e. The molecule has 32 heavy (non-hydrogen) atoms. The SMILES string of the molecule is CCOc1ccc(C(O)=C2C(=O)C(=O)N(Cc3ccccc3)C2c2ccc(Cl)cc2)cc1. The van der Waals surface area contributed by atoms with Crippen molar-refractivity contribution in [3.05, 3.63) is 106 Å². The number of carbonyl (C=O) groups is 2. The molecule has 1 aliphatic heterocycles. The third kappa shape index (κ3) is 4.25. The van der Waals surface area contributed by atoms with Crippen molar-refractivity contribution in [3.8, 4) is 5.75 Å². The molecule has 1 fully saturated rings. The zero-order chi connectivity index (χ0) is 22.7. The number of likely N-dealkylation sites (tertiary alicyclic amines) is 1. The van der Waals surface area contributed by atoms with Gasteiger partial charge in [-0.3, -0.25) is 9.59 Å². The zero-order valence-electron chi connectivity index (χ0n) is 17.5. The van der Waals surface area contributed by atoms with Gasteiger partial charge in [-0.15, -0.1) is 0 Å². The first-order valence-corrected chi connectivity index (χ1v) is 10.7. The number of Topliss-reactive ketones (excluding diaryl/α,β-unsaturated/α-hetero) is 1. The molecule has 0 aliphatic carbocycles. The largest absolute Gasteiger partial charge is 0.507 e. The Hall–Kier alpha value is -3.57. The molecule has 0 aromatic heterocycles. The first-order chi connectivity index (χ1) is 15.5. The second kappa shape index (κ2) is 9.28. The van der Waals surface area contributed by atoms with Crippen LogP contribution in [0, 0.1) is 0 Å². The van der Waals surface area contributed by atoms with Gasteiger partial charge < -0.3 is 14.7 Å². The Labute approximate surface area is 191 Å². The van der Waals surface area contributed by atoms with Crippen LogP contribution in [-0.4, -0.2) is 28.3 Å². The number of carbonyl (C=O) groups excluding carboxylic acids is 2. The van der Waals surface area contributed by atoms with Crippen LogP contribution in [0.3, 0.4) is 0 Å². The molecule has 1 aliphatic rings. The van der Waals surface area contributed by atoms with E-state index in [0.29, 0.717) is 28.5 Å². The average Bonchev–Trinajstić information content (AvgIpc) is 3.05. The van der Waals surface area contributed by atoms with Gasteiger partial charge in [0.05, 0.1) is 18.2 Å². The number of nitrogens with zero attached hydrogens (tertiary/aromatic N) is 1. The maximum atomic E-state index is 13.1. The number of amides is 1. The molecular formula is C26H22ClNO4. The summed E-state index contributed by atoms with van der Waals surface area (Å²) < 4.78 is 5.45. The summed E-state index contributed by atoms with van der Waals surface area (Å²) in [6, 6.07) is 22.4. The number of ketones is 1. The quantitative estimate of drug-likeness (QED) is 0.314. The fourth-order valence-corrected chi connectivity index (χ4v) is 3.97. The number of hydrogen-bond donors (Lipinski definition) is 1. The first-order valence-electron chi connectivity index (χ1n) is 10.3. The number of rotatable bonds is 6. The van der Waals surface area contributed by atoms with Crippen molar-refractivity contribution in [2.24, 2.45) is 0 Å². The maximum Gasteiger partial charge on any atom is 0.295 e. The van der Waals surface area contributed by atoms with Crippen LogP contribution < -0.4 is 4.74 Å². The highest BCUT2D eigenvalue weighted by Crippen LogP contribution is 2.40.